The highest BCUT2D eigenvalue weighted by Gasteiger charge is 2.37. The lowest BCUT2D eigenvalue weighted by molar-refractivity contribution is -0.119. The first-order valence-corrected chi connectivity index (χ1v) is 8.42. The zero-order valence-electron chi connectivity index (χ0n) is 13.9. The highest BCUT2D eigenvalue weighted by molar-refractivity contribution is 6.03. The van der Waals surface area contributed by atoms with Crippen LogP contribution in [0.1, 0.15) is 31.2 Å². The van der Waals surface area contributed by atoms with Gasteiger partial charge in [0.15, 0.2) is 6.23 Å². The van der Waals surface area contributed by atoms with Crippen LogP contribution in [-0.2, 0) is 4.79 Å². The highest BCUT2D eigenvalue weighted by Crippen LogP contribution is 2.34. The Labute approximate surface area is 145 Å². The van der Waals surface area contributed by atoms with Crippen LogP contribution in [-0.4, -0.2) is 46.1 Å². The van der Waals surface area contributed by atoms with E-state index in [2.05, 4.69) is 16.9 Å². The van der Waals surface area contributed by atoms with Crippen molar-refractivity contribution in [1.29, 1.82) is 0 Å². The monoisotopic (exact) mass is 347 g/mol. The van der Waals surface area contributed by atoms with Gasteiger partial charge in [-0.05, 0) is 37.8 Å². The number of hydrogen-bond acceptors (Lipinski definition) is 5. The lowest BCUT2D eigenvalue weighted by Crippen LogP contribution is -2.48. The molecule has 0 spiro atoms. The summed E-state index contributed by atoms with van der Waals surface area (Å²) in [5.74, 6) is -0.439. The third kappa shape index (κ3) is 3.37. The van der Waals surface area contributed by atoms with Crippen LogP contribution in [0.25, 0.3) is 5.76 Å². The molecule has 3 N–H and O–H groups in total. The van der Waals surface area contributed by atoms with E-state index in [1.54, 1.807) is 24.4 Å². The molecule has 1 atom stereocenters. The standard InChI is InChI=1S/C18H22FN3O3/c1-2-10-22-16-13(4-3-9-20-16)15(23)14(18(22)25)17(24)21-12-7-5-11(19)6-8-12/h2-4,9,11-12,18,23,25H,1,5-8,10H2,(H,21,24). The van der Waals surface area contributed by atoms with Crippen LogP contribution in [0.5, 0.6) is 0 Å². The summed E-state index contributed by atoms with van der Waals surface area (Å²) in [6.45, 7) is 3.92. The van der Waals surface area contributed by atoms with Crippen LogP contribution in [0, 0.1) is 0 Å². The number of amides is 1. The quantitative estimate of drug-likeness (QED) is 0.726. The summed E-state index contributed by atoms with van der Waals surface area (Å²) in [6.07, 6.45) is 2.90. The fourth-order valence-electron chi connectivity index (χ4n) is 3.36. The minimum absolute atomic E-state index is 0.121. The predicted molar refractivity (Wildman–Crippen MR) is 92.6 cm³/mol. The van der Waals surface area contributed by atoms with E-state index in [0.29, 0.717) is 37.1 Å². The molecule has 1 unspecified atom stereocenters. The molecule has 7 heteroatoms. The first kappa shape index (κ1) is 17.4. The van der Waals surface area contributed by atoms with Gasteiger partial charge in [0.25, 0.3) is 5.91 Å². The largest absolute Gasteiger partial charge is 0.507 e. The minimum atomic E-state index is -1.34. The second-order valence-corrected chi connectivity index (χ2v) is 6.37. The number of aromatic nitrogens is 1. The van der Waals surface area contributed by atoms with Crippen LogP contribution in [0.4, 0.5) is 10.2 Å². The average molecular weight is 347 g/mol. The molecule has 1 amide bonds. The van der Waals surface area contributed by atoms with E-state index in [-0.39, 0.29) is 23.9 Å². The van der Waals surface area contributed by atoms with Gasteiger partial charge in [-0.1, -0.05) is 6.08 Å². The molecule has 0 saturated heterocycles. The number of halogens is 1. The minimum Gasteiger partial charge on any atom is -0.507 e. The van der Waals surface area contributed by atoms with Crippen LogP contribution in [0.2, 0.25) is 0 Å². The maximum absolute atomic E-state index is 13.2. The van der Waals surface area contributed by atoms with E-state index >= 15 is 0 Å². The summed E-state index contributed by atoms with van der Waals surface area (Å²) in [5, 5.41) is 24.0. The van der Waals surface area contributed by atoms with Crippen molar-refractivity contribution in [1.82, 2.24) is 10.3 Å². The van der Waals surface area contributed by atoms with Crippen LogP contribution < -0.4 is 10.2 Å². The molecular weight excluding hydrogens is 325 g/mol. The van der Waals surface area contributed by atoms with Gasteiger partial charge < -0.3 is 20.4 Å². The Hall–Kier alpha value is -2.41. The maximum Gasteiger partial charge on any atom is 0.255 e. The molecular formula is C18H22FN3O3. The van der Waals surface area contributed by atoms with Gasteiger partial charge in [0.2, 0.25) is 0 Å². The third-order valence-corrected chi connectivity index (χ3v) is 4.68. The van der Waals surface area contributed by atoms with E-state index in [9.17, 15) is 19.4 Å². The van der Waals surface area contributed by atoms with Gasteiger partial charge in [-0.2, -0.15) is 0 Å². The highest BCUT2D eigenvalue weighted by atomic mass is 19.1. The summed E-state index contributed by atoms with van der Waals surface area (Å²) in [7, 11) is 0. The maximum atomic E-state index is 13.2. The molecule has 0 aromatic carbocycles. The van der Waals surface area contributed by atoms with Crippen molar-refractivity contribution >= 4 is 17.5 Å². The van der Waals surface area contributed by atoms with Crippen molar-refractivity contribution in [3.8, 4) is 0 Å². The Morgan fingerprint density at radius 1 is 1.44 bits per heavy atom. The van der Waals surface area contributed by atoms with E-state index in [1.165, 1.54) is 4.90 Å². The van der Waals surface area contributed by atoms with Crippen LogP contribution >= 0.6 is 0 Å². The Balaban J connectivity index is 1.88. The number of aliphatic hydroxyl groups excluding tert-OH is 2. The molecule has 1 aliphatic carbocycles. The topological polar surface area (TPSA) is 85.7 Å². The van der Waals surface area contributed by atoms with Gasteiger partial charge in [-0.15, -0.1) is 6.58 Å². The number of nitrogens with one attached hydrogen (secondary N) is 1. The molecule has 134 valence electrons. The fraction of sp³-hybridized carbons (Fsp3) is 0.444. The Morgan fingerprint density at radius 2 is 2.16 bits per heavy atom. The van der Waals surface area contributed by atoms with E-state index < -0.39 is 18.3 Å². The van der Waals surface area contributed by atoms with Gasteiger partial charge in [0.05, 0.1) is 5.56 Å². The lowest BCUT2D eigenvalue weighted by atomic mass is 9.93. The van der Waals surface area contributed by atoms with Gasteiger partial charge in [-0.25, -0.2) is 9.37 Å². The summed E-state index contributed by atoms with van der Waals surface area (Å²) < 4.78 is 13.2. The van der Waals surface area contributed by atoms with Gasteiger partial charge in [0.1, 0.15) is 23.3 Å². The van der Waals surface area contributed by atoms with E-state index in [4.69, 9.17) is 0 Å². The van der Waals surface area contributed by atoms with Crippen molar-refractivity contribution in [2.75, 3.05) is 11.4 Å². The number of aliphatic hydroxyl groups is 2. The molecule has 2 heterocycles. The van der Waals surface area contributed by atoms with Gasteiger partial charge >= 0.3 is 0 Å². The second-order valence-electron chi connectivity index (χ2n) is 6.37. The van der Waals surface area contributed by atoms with Crippen molar-refractivity contribution in [3.63, 3.8) is 0 Å². The molecule has 0 bridgehead atoms. The second kappa shape index (κ2) is 7.23. The van der Waals surface area contributed by atoms with Gasteiger partial charge in [-0.3, -0.25) is 4.79 Å². The molecule has 2 aliphatic rings. The summed E-state index contributed by atoms with van der Waals surface area (Å²) >= 11 is 0. The lowest BCUT2D eigenvalue weighted by Gasteiger charge is -2.35. The van der Waals surface area contributed by atoms with Crippen LogP contribution in [0.15, 0.2) is 36.6 Å². The zero-order valence-corrected chi connectivity index (χ0v) is 13.9. The van der Waals surface area contributed by atoms with Crippen molar-refractivity contribution < 1.29 is 19.4 Å². The molecule has 25 heavy (non-hydrogen) atoms. The summed E-state index contributed by atoms with van der Waals surface area (Å²) in [6, 6.07) is 3.13. The molecule has 1 aliphatic heterocycles. The molecule has 1 aromatic heterocycles. The van der Waals surface area contributed by atoms with Gasteiger partial charge in [0, 0.05) is 18.8 Å². The summed E-state index contributed by atoms with van der Waals surface area (Å²) in [4.78, 5) is 18.4. The first-order chi connectivity index (χ1) is 12.0. The van der Waals surface area contributed by atoms with Crippen molar-refractivity contribution in [3.05, 3.63) is 42.1 Å². The molecule has 1 fully saturated rings. The Kier molecular flexibility index (Phi) is 5.03. The molecule has 3 rings (SSSR count). The molecule has 1 aromatic rings. The number of anilines is 1. The fourth-order valence-corrected chi connectivity index (χ4v) is 3.36. The molecule has 0 radical (unpaired) electrons. The zero-order chi connectivity index (χ0) is 18.0. The van der Waals surface area contributed by atoms with E-state index in [0.717, 1.165) is 0 Å². The van der Waals surface area contributed by atoms with Crippen molar-refractivity contribution in [2.45, 2.75) is 44.1 Å². The molecule has 6 nitrogen and oxygen atoms in total. The van der Waals surface area contributed by atoms with Crippen LogP contribution in [0.3, 0.4) is 0 Å². The smallest absolute Gasteiger partial charge is 0.255 e. The number of rotatable bonds is 4. The molecule has 1 saturated carbocycles. The average Bonchev–Trinajstić information content (AvgIpc) is 2.61. The Bertz CT molecular complexity index is 699. The SMILES string of the molecule is C=CCN1c2ncccc2C(O)=C(C(=O)NC2CCC(F)CC2)C1O. The Morgan fingerprint density at radius 3 is 2.84 bits per heavy atom. The number of hydrogen-bond donors (Lipinski definition) is 3. The number of carbonyl (C=O) groups excluding carboxylic acids is 1. The summed E-state index contributed by atoms with van der Waals surface area (Å²) in [5.41, 5.74) is 0.261. The normalized spacial score (nSPS) is 26.2. The predicted octanol–water partition coefficient (Wildman–Crippen LogP) is 2.07. The number of fused-ring (bicyclic) bond motifs is 1. The number of carbonyl (C=O) groups is 1. The third-order valence-electron chi connectivity index (χ3n) is 4.68. The number of nitrogens with zero attached hydrogens (tertiary/aromatic N) is 2. The van der Waals surface area contributed by atoms with E-state index in [1.807, 2.05) is 0 Å². The number of pyridine rings is 1. The number of alkyl halides is 1. The first-order valence-electron chi connectivity index (χ1n) is 8.42. The van der Waals surface area contributed by atoms with Crippen molar-refractivity contribution in [2.24, 2.45) is 0 Å².